The van der Waals surface area contributed by atoms with Crippen molar-refractivity contribution >= 4 is 59.1 Å². The van der Waals surface area contributed by atoms with E-state index < -0.39 is 16.6 Å². The molecule has 1 unspecified atom stereocenters. The van der Waals surface area contributed by atoms with Gasteiger partial charge in [0.1, 0.15) is 0 Å². The molecular formula is C12H6Br3F3S. The fourth-order valence-corrected chi connectivity index (χ4v) is 4.85. The van der Waals surface area contributed by atoms with E-state index in [0.717, 1.165) is 15.4 Å². The molecule has 1 atom stereocenters. The molecule has 0 fully saturated rings. The van der Waals surface area contributed by atoms with Crippen molar-refractivity contribution in [3.8, 4) is 0 Å². The van der Waals surface area contributed by atoms with Gasteiger partial charge in [0.05, 0.1) is 10.4 Å². The van der Waals surface area contributed by atoms with Gasteiger partial charge in [-0.2, -0.15) is 13.2 Å². The normalized spacial score (nSPS) is 13.6. The molecule has 0 saturated heterocycles. The smallest absolute Gasteiger partial charge is 0.166 e. The summed E-state index contributed by atoms with van der Waals surface area (Å²) in [6, 6.07) is 6.02. The lowest BCUT2D eigenvalue weighted by Gasteiger charge is -2.17. The highest BCUT2D eigenvalue weighted by Crippen LogP contribution is 2.44. The minimum atomic E-state index is -4.38. The van der Waals surface area contributed by atoms with Crippen LogP contribution in [0.4, 0.5) is 13.2 Å². The summed E-state index contributed by atoms with van der Waals surface area (Å²) in [6.07, 6.45) is -4.38. The third kappa shape index (κ3) is 3.43. The zero-order valence-electron chi connectivity index (χ0n) is 9.14. The molecule has 0 amide bonds. The van der Waals surface area contributed by atoms with Crippen LogP contribution in [-0.2, 0) is 6.18 Å². The van der Waals surface area contributed by atoms with Gasteiger partial charge in [0.2, 0.25) is 0 Å². The highest BCUT2D eigenvalue weighted by Gasteiger charge is 2.35. The molecule has 1 aromatic heterocycles. The van der Waals surface area contributed by atoms with Crippen LogP contribution in [0.15, 0.2) is 38.6 Å². The molecule has 2 rings (SSSR count). The standard InChI is InChI=1S/C12H6Br3F3S/c13-6-1-2-7(8(5-6)12(16,17)18)10(15)11-9(14)3-4-19-11/h1-5,10H. The Labute approximate surface area is 137 Å². The number of rotatable bonds is 2. The molecule has 0 aliphatic heterocycles. The summed E-state index contributed by atoms with van der Waals surface area (Å²) in [5, 5.41) is 1.83. The largest absolute Gasteiger partial charge is 0.416 e. The van der Waals surface area contributed by atoms with Crippen LogP contribution in [0.3, 0.4) is 0 Å². The highest BCUT2D eigenvalue weighted by molar-refractivity contribution is 9.11. The SMILES string of the molecule is FC(F)(F)c1cc(Br)ccc1C(Br)c1sccc1Br. The Kier molecular flexibility index (Phi) is 4.80. The molecule has 7 heteroatoms. The van der Waals surface area contributed by atoms with Gasteiger partial charge in [-0.15, -0.1) is 11.3 Å². The highest BCUT2D eigenvalue weighted by atomic mass is 79.9. The quantitative estimate of drug-likeness (QED) is 0.417. The molecular weight excluding hydrogens is 473 g/mol. The van der Waals surface area contributed by atoms with E-state index in [-0.39, 0.29) is 5.56 Å². The van der Waals surface area contributed by atoms with Crippen LogP contribution in [0.5, 0.6) is 0 Å². The zero-order chi connectivity index (χ0) is 14.2. The van der Waals surface area contributed by atoms with Crippen molar-refractivity contribution in [2.75, 3.05) is 0 Å². The summed E-state index contributed by atoms with van der Waals surface area (Å²) >= 11 is 11.2. The van der Waals surface area contributed by atoms with E-state index in [2.05, 4.69) is 47.8 Å². The molecule has 19 heavy (non-hydrogen) atoms. The predicted molar refractivity (Wildman–Crippen MR) is 81.9 cm³/mol. The van der Waals surface area contributed by atoms with Crippen LogP contribution in [0.25, 0.3) is 0 Å². The van der Waals surface area contributed by atoms with Crippen molar-refractivity contribution in [3.05, 3.63) is 54.6 Å². The van der Waals surface area contributed by atoms with Gasteiger partial charge < -0.3 is 0 Å². The first-order valence-corrected chi connectivity index (χ1v) is 8.42. The van der Waals surface area contributed by atoms with Crippen LogP contribution in [0.2, 0.25) is 0 Å². The van der Waals surface area contributed by atoms with E-state index in [0.29, 0.717) is 4.47 Å². The Balaban J connectivity index is 2.54. The van der Waals surface area contributed by atoms with Crippen molar-refractivity contribution in [3.63, 3.8) is 0 Å². The minimum Gasteiger partial charge on any atom is -0.166 e. The fourth-order valence-electron chi connectivity index (χ4n) is 1.62. The van der Waals surface area contributed by atoms with E-state index in [9.17, 15) is 13.2 Å². The number of alkyl halides is 4. The Bertz CT molecular complexity index is 592. The molecule has 2 aromatic rings. The second kappa shape index (κ2) is 5.87. The fraction of sp³-hybridized carbons (Fsp3) is 0.167. The third-order valence-electron chi connectivity index (χ3n) is 2.47. The maximum Gasteiger partial charge on any atom is 0.416 e. The first-order chi connectivity index (χ1) is 8.80. The van der Waals surface area contributed by atoms with Gasteiger partial charge in [-0.25, -0.2) is 0 Å². The van der Waals surface area contributed by atoms with Gasteiger partial charge in [-0.1, -0.05) is 37.9 Å². The van der Waals surface area contributed by atoms with Crippen molar-refractivity contribution in [1.29, 1.82) is 0 Å². The van der Waals surface area contributed by atoms with Crippen molar-refractivity contribution in [2.24, 2.45) is 0 Å². The Morgan fingerprint density at radius 3 is 2.32 bits per heavy atom. The average molecular weight is 479 g/mol. The summed E-state index contributed by atoms with van der Waals surface area (Å²) in [5.41, 5.74) is -0.428. The molecule has 0 radical (unpaired) electrons. The topological polar surface area (TPSA) is 0 Å². The molecule has 0 saturated carbocycles. The van der Waals surface area contributed by atoms with Gasteiger partial charge in [-0.05, 0) is 45.1 Å². The van der Waals surface area contributed by atoms with Gasteiger partial charge in [0.15, 0.2) is 0 Å². The number of halogens is 6. The monoisotopic (exact) mass is 476 g/mol. The molecule has 0 N–H and O–H groups in total. The van der Waals surface area contributed by atoms with E-state index in [1.807, 2.05) is 11.4 Å². The Hall–Kier alpha value is 0.150. The van der Waals surface area contributed by atoms with Crippen molar-refractivity contribution < 1.29 is 13.2 Å². The summed E-state index contributed by atoms with van der Waals surface area (Å²) in [4.78, 5) is 0.319. The van der Waals surface area contributed by atoms with E-state index in [4.69, 9.17) is 0 Å². The minimum absolute atomic E-state index is 0.207. The van der Waals surface area contributed by atoms with Gasteiger partial charge in [0, 0.05) is 13.8 Å². The Morgan fingerprint density at radius 2 is 1.79 bits per heavy atom. The summed E-state index contributed by atoms with van der Waals surface area (Å²) in [6.45, 7) is 0. The lowest BCUT2D eigenvalue weighted by molar-refractivity contribution is -0.138. The van der Waals surface area contributed by atoms with Crippen molar-refractivity contribution in [2.45, 2.75) is 11.0 Å². The molecule has 0 bridgehead atoms. The van der Waals surface area contributed by atoms with Crippen molar-refractivity contribution in [1.82, 2.24) is 0 Å². The lowest BCUT2D eigenvalue weighted by Crippen LogP contribution is -2.10. The van der Waals surface area contributed by atoms with Gasteiger partial charge in [0.25, 0.3) is 0 Å². The molecule has 0 aliphatic rings. The maximum atomic E-state index is 13.1. The van der Waals surface area contributed by atoms with Gasteiger partial charge >= 0.3 is 6.18 Å². The maximum absolute atomic E-state index is 13.1. The third-order valence-corrected chi connectivity index (χ3v) is 6.15. The van der Waals surface area contributed by atoms with Crippen LogP contribution >= 0.6 is 59.1 Å². The van der Waals surface area contributed by atoms with E-state index >= 15 is 0 Å². The number of benzene rings is 1. The van der Waals surface area contributed by atoms with Gasteiger partial charge in [-0.3, -0.25) is 0 Å². The predicted octanol–water partition coefficient (Wildman–Crippen LogP) is 6.78. The zero-order valence-corrected chi connectivity index (χ0v) is 14.7. The molecule has 1 aromatic carbocycles. The molecule has 102 valence electrons. The molecule has 1 heterocycles. The first kappa shape index (κ1) is 15.5. The van der Waals surface area contributed by atoms with Crippen LogP contribution in [0.1, 0.15) is 20.8 Å². The number of hydrogen-bond acceptors (Lipinski definition) is 1. The summed E-state index contributed by atoms with van der Waals surface area (Å²) < 4.78 is 40.5. The van der Waals surface area contributed by atoms with E-state index in [1.54, 1.807) is 6.07 Å². The molecule has 0 nitrogen and oxygen atoms in total. The molecule has 0 aliphatic carbocycles. The lowest BCUT2D eigenvalue weighted by atomic mass is 10.0. The first-order valence-electron chi connectivity index (χ1n) is 5.04. The van der Waals surface area contributed by atoms with E-state index in [1.165, 1.54) is 17.4 Å². The second-order valence-electron chi connectivity index (χ2n) is 3.72. The second-order valence-corrected chi connectivity index (χ2v) is 7.36. The summed E-state index contributed by atoms with van der Waals surface area (Å²) in [5.74, 6) is 0. The average Bonchev–Trinajstić information content (AvgIpc) is 2.73. The Morgan fingerprint density at radius 1 is 1.11 bits per heavy atom. The number of thiophene rings is 1. The van der Waals surface area contributed by atoms with Crippen LogP contribution < -0.4 is 0 Å². The summed E-state index contributed by atoms with van der Waals surface area (Å²) in [7, 11) is 0. The van der Waals surface area contributed by atoms with Crippen LogP contribution in [0, 0.1) is 0 Å². The van der Waals surface area contributed by atoms with Crippen LogP contribution in [-0.4, -0.2) is 0 Å². The number of hydrogen-bond donors (Lipinski definition) is 0. The molecule has 0 spiro atoms.